The van der Waals surface area contributed by atoms with Gasteiger partial charge in [0.15, 0.2) is 5.82 Å². The van der Waals surface area contributed by atoms with Crippen molar-refractivity contribution in [2.45, 2.75) is 48.1 Å². The normalized spacial score (nSPS) is 11.4. The zero-order valence-electron chi connectivity index (χ0n) is 14.0. The van der Waals surface area contributed by atoms with Crippen LogP contribution in [0.15, 0.2) is 12.1 Å². The zero-order valence-corrected chi connectivity index (χ0v) is 14.0. The molecule has 1 N–H and O–H groups in total. The lowest BCUT2D eigenvalue weighted by molar-refractivity contribution is 0.550. The lowest BCUT2D eigenvalue weighted by atomic mass is 10.2. The van der Waals surface area contributed by atoms with Gasteiger partial charge in [0.2, 0.25) is 0 Å². The van der Waals surface area contributed by atoms with E-state index in [0.717, 1.165) is 36.0 Å². The van der Waals surface area contributed by atoms with Crippen LogP contribution in [0.1, 0.15) is 42.1 Å². The van der Waals surface area contributed by atoms with Crippen molar-refractivity contribution >= 4 is 0 Å². The van der Waals surface area contributed by atoms with E-state index < -0.39 is 0 Å². The van der Waals surface area contributed by atoms with E-state index in [1.54, 1.807) is 0 Å². The second kappa shape index (κ2) is 6.39. The van der Waals surface area contributed by atoms with Crippen LogP contribution >= 0.6 is 0 Å². The molecular formula is C17H26N4. The second-order valence-electron chi connectivity index (χ2n) is 6.15. The number of pyridine rings is 1. The fourth-order valence-electron chi connectivity index (χ4n) is 2.32. The van der Waals surface area contributed by atoms with Crippen molar-refractivity contribution in [2.24, 2.45) is 5.92 Å². The first-order chi connectivity index (χ1) is 9.90. The molecule has 0 atom stereocenters. The first-order valence-corrected chi connectivity index (χ1v) is 7.60. The first-order valence-electron chi connectivity index (χ1n) is 7.60. The number of rotatable bonds is 5. The van der Waals surface area contributed by atoms with Crippen LogP contribution in [0.5, 0.6) is 0 Å². The van der Waals surface area contributed by atoms with Crippen LogP contribution < -0.4 is 5.32 Å². The average Bonchev–Trinajstić information content (AvgIpc) is 2.68. The van der Waals surface area contributed by atoms with Crippen LogP contribution in [-0.4, -0.2) is 21.3 Å². The van der Waals surface area contributed by atoms with Crippen LogP contribution in [0.2, 0.25) is 0 Å². The fourth-order valence-corrected chi connectivity index (χ4v) is 2.32. The summed E-state index contributed by atoms with van der Waals surface area (Å²) in [5.41, 5.74) is 5.77. The SMILES string of the molecule is Cc1nc(-n2nc(C)c(C)c2C)ccc1CNCC(C)C. The molecule has 0 spiro atoms. The van der Waals surface area contributed by atoms with E-state index in [0.29, 0.717) is 5.92 Å². The molecule has 0 radical (unpaired) electrons. The summed E-state index contributed by atoms with van der Waals surface area (Å²) in [5, 5.41) is 8.04. The van der Waals surface area contributed by atoms with E-state index in [4.69, 9.17) is 4.98 Å². The maximum atomic E-state index is 4.72. The highest BCUT2D eigenvalue weighted by atomic mass is 15.3. The lowest BCUT2D eigenvalue weighted by Gasteiger charge is -2.11. The Balaban J connectivity index is 2.20. The predicted octanol–water partition coefficient (Wildman–Crippen LogP) is 3.25. The van der Waals surface area contributed by atoms with Gasteiger partial charge in [-0.15, -0.1) is 0 Å². The summed E-state index contributed by atoms with van der Waals surface area (Å²) in [5.74, 6) is 1.56. The third-order valence-corrected chi connectivity index (χ3v) is 3.92. The van der Waals surface area contributed by atoms with Gasteiger partial charge in [0.1, 0.15) is 0 Å². The minimum atomic E-state index is 0.662. The van der Waals surface area contributed by atoms with E-state index in [2.05, 4.69) is 57.2 Å². The molecule has 4 heteroatoms. The van der Waals surface area contributed by atoms with E-state index in [1.165, 1.54) is 11.1 Å². The van der Waals surface area contributed by atoms with Crippen LogP contribution in [0.25, 0.3) is 5.82 Å². The molecule has 4 nitrogen and oxygen atoms in total. The predicted molar refractivity (Wildman–Crippen MR) is 86.9 cm³/mol. The van der Waals surface area contributed by atoms with Gasteiger partial charge in [-0.05, 0) is 57.4 Å². The lowest BCUT2D eigenvalue weighted by Crippen LogP contribution is -2.20. The van der Waals surface area contributed by atoms with Crippen molar-refractivity contribution in [3.8, 4) is 5.82 Å². The number of nitrogens with one attached hydrogen (secondary N) is 1. The highest BCUT2D eigenvalue weighted by molar-refractivity contribution is 5.34. The zero-order chi connectivity index (χ0) is 15.6. The average molecular weight is 286 g/mol. The van der Waals surface area contributed by atoms with Crippen molar-refractivity contribution in [3.63, 3.8) is 0 Å². The standard InChI is InChI=1S/C17H26N4/c1-11(2)9-18-10-16-7-8-17(19-14(16)5)21-15(6)12(3)13(4)20-21/h7-8,11,18H,9-10H2,1-6H3. The van der Waals surface area contributed by atoms with Gasteiger partial charge in [-0.25, -0.2) is 9.67 Å². The number of aromatic nitrogens is 3. The number of hydrogen-bond acceptors (Lipinski definition) is 3. The first kappa shape index (κ1) is 15.7. The minimum Gasteiger partial charge on any atom is -0.312 e. The minimum absolute atomic E-state index is 0.662. The van der Waals surface area contributed by atoms with Gasteiger partial charge in [-0.2, -0.15) is 5.10 Å². The molecule has 0 aliphatic heterocycles. The largest absolute Gasteiger partial charge is 0.312 e. The molecule has 0 bridgehead atoms. The molecule has 0 saturated carbocycles. The number of aryl methyl sites for hydroxylation is 2. The van der Waals surface area contributed by atoms with Crippen LogP contribution in [0, 0.1) is 33.6 Å². The van der Waals surface area contributed by atoms with E-state index >= 15 is 0 Å². The molecule has 2 rings (SSSR count). The van der Waals surface area contributed by atoms with Crippen molar-refractivity contribution in [3.05, 3.63) is 40.3 Å². The van der Waals surface area contributed by atoms with Crippen LogP contribution in [0.3, 0.4) is 0 Å². The van der Waals surface area contributed by atoms with Gasteiger partial charge in [0.05, 0.1) is 5.69 Å². The molecule has 0 aliphatic carbocycles. The molecule has 0 aliphatic rings. The Hall–Kier alpha value is -1.68. The van der Waals surface area contributed by atoms with Crippen LogP contribution in [-0.2, 0) is 6.54 Å². The Labute approximate surface area is 127 Å². The maximum absolute atomic E-state index is 4.72. The topological polar surface area (TPSA) is 42.7 Å². The second-order valence-corrected chi connectivity index (χ2v) is 6.15. The quantitative estimate of drug-likeness (QED) is 0.917. The Morgan fingerprint density at radius 1 is 1.10 bits per heavy atom. The Kier molecular flexibility index (Phi) is 4.78. The molecule has 2 heterocycles. The molecule has 114 valence electrons. The molecule has 2 aromatic rings. The molecule has 0 amide bonds. The maximum Gasteiger partial charge on any atom is 0.153 e. The van der Waals surface area contributed by atoms with Gasteiger partial charge >= 0.3 is 0 Å². The van der Waals surface area contributed by atoms with Crippen LogP contribution in [0.4, 0.5) is 0 Å². The molecule has 0 saturated heterocycles. The molecule has 0 fully saturated rings. The summed E-state index contributed by atoms with van der Waals surface area (Å²) in [4.78, 5) is 4.72. The molecule has 0 unspecified atom stereocenters. The summed E-state index contributed by atoms with van der Waals surface area (Å²) >= 11 is 0. The van der Waals surface area contributed by atoms with Crippen molar-refractivity contribution in [1.82, 2.24) is 20.1 Å². The summed E-state index contributed by atoms with van der Waals surface area (Å²) in [6.07, 6.45) is 0. The Morgan fingerprint density at radius 2 is 1.81 bits per heavy atom. The highest BCUT2D eigenvalue weighted by Crippen LogP contribution is 2.17. The summed E-state index contributed by atoms with van der Waals surface area (Å²) in [6, 6.07) is 4.20. The van der Waals surface area contributed by atoms with Crippen molar-refractivity contribution in [1.29, 1.82) is 0 Å². The highest BCUT2D eigenvalue weighted by Gasteiger charge is 2.11. The smallest absolute Gasteiger partial charge is 0.153 e. The van der Waals surface area contributed by atoms with Crippen molar-refractivity contribution in [2.75, 3.05) is 6.54 Å². The van der Waals surface area contributed by atoms with Gasteiger partial charge < -0.3 is 5.32 Å². The number of nitrogens with zero attached hydrogens (tertiary/aromatic N) is 3. The van der Waals surface area contributed by atoms with Gasteiger partial charge in [0, 0.05) is 17.9 Å². The Morgan fingerprint density at radius 3 is 2.33 bits per heavy atom. The summed E-state index contributed by atoms with van der Waals surface area (Å²) < 4.78 is 1.93. The van der Waals surface area contributed by atoms with E-state index in [9.17, 15) is 0 Å². The Bertz CT molecular complexity index is 626. The van der Waals surface area contributed by atoms with Gasteiger partial charge in [0.25, 0.3) is 0 Å². The molecule has 0 aromatic carbocycles. The third-order valence-electron chi connectivity index (χ3n) is 3.92. The van der Waals surface area contributed by atoms with Gasteiger partial charge in [-0.3, -0.25) is 0 Å². The molecule has 21 heavy (non-hydrogen) atoms. The molecular weight excluding hydrogens is 260 g/mol. The third kappa shape index (κ3) is 3.50. The monoisotopic (exact) mass is 286 g/mol. The van der Waals surface area contributed by atoms with Gasteiger partial charge in [-0.1, -0.05) is 19.9 Å². The van der Waals surface area contributed by atoms with E-state index in [-0.39, 0.29) is 0 Å². The van der Waals surface area contributed by atoms with E-state index in [1.807, 2.05) is 11.6 Å². The van der Waals surface area contributed by atoms with Crippen molar-refractivity contribution < 1.29 is 0 Å². The number of hydrogen-bond donors (Lipinski definition) is 1. The molecule has 2 aromatic heterocycles. The fraction of sp³-hybridized carbons (Fsp3) is 0.529. The summed E-state index contributed by atoms with van der Waals surface area (Å²) in [6.45, 7) is 14.6. The summed E-state index contributed by atoms with van der Waals surface area (Å²) in [7, 11) is 0.